The number of nitrogens with zero attached hydrogens (tertiary/aromatic N) is 4. The largest absolute Gasteiger partial charge is 0.364 e. The predicted molar refractivity (Wildman–Crippen MR) is 64.4 cm³/mol. The van der Waals surface area contributed by atoms with Crippen LogP contribution < -0.4 is 4.90 Å². The number of fused-ring (bicyclic) bond motifs is 1. The van der Waals surface area contributed by atoms with E-state index in [0.717, 1.165) is 0 Å². The second-order valence-electron chi connectivity index (χ2n) is 4.45. The number of pyridine rings is 1. The van der Waals surface area contributed by atoms with E-state index in [1.807, 2.05) is 0 Å². The van der Waals surface area contributed by atoms with Crippen molar-refractivity contribution in [3.63, 3.8) is 0 Å². The van der Waals surface area contributed by atoms with Crippen LogP contribution in [0, 0.1) is 0 Å². The molecule has 7 heteroatoms. The summed E-state index contributed by atoms with van der Waals surface area (Å²) in [7, 11) is 0. The van der Waals surface area contributed by atoms with Crippen molar-refractivity contribution in [2.75, 3.05) is 18.0 Å². The van der Waals surface area contributed by atoms with Gasteiger partial charge in [0.2, 0.25) is 5.28 Å². The Kier molecular flexibility index (Phi) is 2.62. The van der Waals surface area contributed by atoms with Crippen molar-refractivity contribution in [1.29, 1.82) is 0 Å². The third kappa shape index (κ3) is 2.12. The van der Waals surface area contributed by atoms with E-state index in [0.29, 0.717) is 24.3 Å². The van der Waals surface area contributed by atoms with Gasteiger partial charge in [-0.3, -0.25) is 0 Å². The Morgan fingerprint density at radius 1 is 1.33 bits per heavy atom. The first-order chi connectivity index (χ1) is 8.53. The van der Waals surface area contributed by atoms with E-state index in [1.54, 1.807) is 23.2 Å². The smallest absolute Gasteiger partial charge is 0.265 e. The van der Waals surface area contributed by atoms with Crippen LogP contribution in [0.4, 0.5) is 14.5 Å². The number of hydrogen-bond donors (Lipinski definition) is 0. The van der Waals surface area contributed by atoms with Crippen molar-refractivity contribution in [2.45, 2.75) is 18.8 Å². The number of hydrogen-bond acceptors (Lipinski definition) is 3. The van der Waals surface area contributed by atoms with Gasteiger partial charge in [0, 0.05) is 13.0 Å². The van der Waals surface area contributed by atoms with Crippen LogP contribution in [0.5, 0.6) is 0 Å². The van der Waals surface area contributed by atoms with Crippen LogP contribution in [0.25, 0.3) is 5.65 Å². The van der Waals surface area contributed by atoms with Gasteiger partial charge in [0.1, 0.15) is 0 Å². The second kappa shape index (κ2) is 4.05. The van der Waals surface area contributed by atoms with E-state index in [4.69, 9.17) is 11.6 Å². The molecule has 0 radical (unpaired) electrons. The average molecular weight is 273 g/mol. The molecule has 1 aliphatic rings. The Bertz CT molecular complexity index is 583. The molecule has 18 heavy (non-hydrogen) atoms. The summed E-state index contributed by atoms with van der Waals surface area (Å²) >= 11 is 5.69. The lowest BCUT2D eigenvalue weighted by Gasteiger charge is -2.33. The summed E-state index contributed by atoms with van der Waals surface area (Å²) in [6.07, 6.45) is 2.12. The molecule has 0 saturated carbocycles. The van der Waals surface area contributed by atoms with Crippen molar-refractivity contribution in [1.82, 2.24) is 14.6 Å². The fourth-order valence-corrected chi connectivity index (χ4v) is 2.39. The molecule has 2 aromatic rings. The average Bonchev–Trinajstić information content (AvgIpc) is 2.66. The Hall–Kier alpha value is -1.43. The fraction of sp³-hybridized carbons (Fsp3) is 0.455. The van der Waals surface area contributed by atoms with Crippen molar-refractivity contribution in [3.8, 4) is 0 Å². The first-order valence-corrected chi connectivity index (χ1v) is 6.06. The molecule has 4 nitrogen and oxygen atoms in total. The molecule has 0 N–H and O–H groups in total. The van der Waals surface area contributed by atoms with Gasteiger partial charge in [-0.1, -0.05) is 0 Å². The summed E-state index contributed by atoms with van der Waals surface area (Å²) in [5, 5.41) is 4.11. The summed E-state index contributed by atoms with van der Waals surface area (Å²) in [6, 6.07) is 3.49. The molecule has 1 aliphatic heterocycles. The monoisotopic (exact) mass is 272 g/mol. The van der Waals surface area contributed by atoms with Crippen molar-refractivity contribution >= 4 is 22.9 Å². The van der Waals surface area contributed by atoms with Gasteiger partial charge in [0.05, 0.1) is 18.4 Å². The van der Waals surface area contributed by atoms with E-state index >= 15 is 0 Å². The highest BCUT2D eigenvalue weighted by atomic mass is 35.5. The minimum absolute atomic E-state index is 0.0408. The molecule has 1 saturated heterocycles. The first-order valence-electron chi connectivity index (χ1n) is 5.68. The van der Waals surface area contributed by atoms with Crippen LogP contribution >= 0.6 is 11.6 Å². The summed E-state index contributed by atoms with van der Waals surface area (Å²) < 4.78 is 28.2. The normalized spacial score (nSPS) is 19.4. The molecule has 3 rings (SSSR count). The molecule has 0 aromatic carbocycles. The summed E-state index contributed by atoms with van der Waals surface area (Å²) in [4.78, 5) is 5.64. The van der Waals surface area contributed by atoms with E-state index < -0.39 is 5.92 Å². The second-order valence-corrected chi connectivity index (χ2v) is 4.79. The van der Waals surface area contributed by atoms with Crippen LogP contribution in [0.15, 0.2) is 18.3 Å². The van der Waals surface area contributed by atoms with Gasteiger partial charge in [0.15, 0.2) is 5.65 Å². The molecule has 96 valence electrons. The highest BCUT2D eigenvalue weighted by Gasteiger charge is 2.35. The van der Waals surface area contributed by atoms with Crippen LogP contribution in [0.3, 0.4) is 0 Å². The zero-order chi connectivity index (χ0) is 12.8. The Balaban J connectivity index is 1.93. The zero-order valence-corrected chi connectivity index (χ0v) is 10.2. The number of halogens is 3. The molecule has 3 heterocycles. The topological polar surface area (TPSA) is 33.4 Å². The molecule has 0 aliphatic carbocycles. The maximum atomic E-state index is 13.4. The maximum absolute atomic E-state index is 13.4. The Labute approximate surface area is 107 Å². The number of aromatic nitrogens is 3. The summed E-state index contributed by atoms with van der Waals surface area (Å²) in [5.41, 5.74) is 1.32. The molecule has 1 fully saturated rings. The van der Waals surface area contributed by atoms with Crippen LogP contribution in [-0.4, -0.2) is 33.6 Å². The zero-order valence-electron chi connectivity index (χ0n) is 9.48. The fourth-order valence-electron chi connectivity index (χ4n) is 2.22. The van der Waals surface area contributed by atoms with Crippen molar-refractivity contribution in [2.24, 2.45) is 0 Å². The van der Waals surface area contributed by atoms with Gasteiger partial charge in [-0.15, -0.1) is 5.10 Å². The molecule has 0 atom stereocenters. The lowest BCUT2D eigenvalue weighted by atomic mass is 10.1. The Morgan fingerprint density at radius 2 is 2.17 bits per heavy atom. The third-order valence-corrected chi connectivity index (χ3v) is 3.21. The molecule has 0 amide bonds. The molecular weight excluding hydrogens is 262 g/mol. The molecule has 0 unspecified atom stereocenters. The van der Waals surface area contributed by atoms with Gasteiger partial charge in [-0.2, -0.15) is 4.98 Å². The minimum Gasteiger partial charge on any atom is -0.364 e. The minimum atomic E-state index is -2.62. The summed E-state index contributed by atoms with van der Waals surface area (Å²) in [5.74, 6) is -2.62. The summed E-state index contributed by atoms with van der Waals surface area (Å²) in [6.45, 7) is 0.379. The number of anilines is 1. The van der Waals surface area contributed by atoms with E-state index in [-0.39, 0.29) is 18.2 Å². The predicted octanol–water partition coefficient (Wildman–Crippen LogP) is 2.62. The van der Waals surface area contributed by atoms with Gasteiger partial charge in [-0.25, -0.2) is 13.3 Å². The quantitative estimate of drug-likeness (QED) is 0.800. The standard InChI is InChI=1S/C11H11ClF2N4/c12-10-15-9-3-2-8(6-18(9)16-10)17-5-1-4-11(13,14)7-17/h2-3,6H,1,4-5,7H2. The van der Waals surface area contributed by atoms with Crippen molar-refractivity contribution < 1.29 is 8.78 Å². The molecular formula is C11H11ClF2N4. The Morgan fingerprint density at radius 3 is 2.94 bits per heavy atom. The lowest BCUT2D eigenvalue weighted by Crippen LogP contribution is -2.42. The molecule has 0 spiro atoms. The maximum Gasteiger partial charge on any atom is 0.265 e. The highest BCUT2D eigenvalue weighted by molar-refractivity contribution is 6.28. The number of piperidine rings is 1. The first kappa shape index (κ1) is 11.6. The molecule has 0 bridgehead atoms. The number of alkyl halides is 2. The van der Waals surface area contributed by atoms with E-state index in [2.05, 4.69) is 10.1 Å². The molecule has 2 aromatic heterocycles. The van der Waals surface area contributed by atoms with Gasteiger partial charge in [0.25, 0.3) is 5.92 Å². The van der Waals surface area contributed by atoms with E-state index in [9.17, 15) is 8.78 Å². The highest BCUT2D eigenvalue weighted by Crippen LogP contribution is 2.29. The lowest BCUT2D eigenvalue weighted by molar-refractivity contribution is -0.0116. The van der Waals surface area contributed by atoms with E-state index in [1.165, 1.54) is 4.52 Å². The van der Waals surface area contributed by atoms with Gasteiger partial charge < -0.3 is 4.90 Å². The SMILES string of the molecule is FC1(F)CCCN(c2ccc3nc(Cl)nn3c2)C1. The van der Waals surface area contributed by atoms with Crippen LogP contribution in [0.1, 0.15) is 12.8 Å². The van der Waals surface area contributed by atoms with Crippen molar-refractivity contribution in [3.05, 3.63) is 23.6 Å². The van der Waals surface area contributed by atoms with Gasteiger partial charge >= 0.3 is 0 Å². The van der Waals surface area contributed by atoms with Gasteiger partial charge in [-0.05, 0) is 30.2 Å². The third-order valence-electron chi connectivity index (χ3n) is 3.05. The van der Waals surface area contributed by atoms with Crippen LogP contribution in [0.2, 0.25) is 5.28 Å². The van der Waals surface area contributed by atoms with Crippen LogP contribution in [-0.2, 0) is 0 Å². The number of rotatable bonds is 1.